The average Bonchev–Trinajstić information content (AvgIpc) is 3.06. The highest BCUT2D eigenvalue weighted by molar-refractivity contribution is 5.81. The van der Waals surface area contributed by atoms with E-state index in [1.807, 2.05) is 59.1 Å². The van der Waals surface area contributed by atoms with Gasteiger partial charge in [-0.25, -0.2) is 4.98 Å². The molecule has 3 heterocycles. The van der Waals surface area contributed by atoms with Crippen molar-refractivity contribution in [1.29, 1.82) is 0 Å². The van der Waals surface area contributed by atoms with Crippen molar-refractivity contribution in [3.63, 3.8) is 0 Å². The first-order valence-electron chi connectivity index (χ1n) is 8.94. The van der Waals surface area contributed by atoms with Gasteiger partial charge in [0.15, 0.2) is 0 Å². The molecule has 1 amide bonds. The third-order valence-corrected chi connectivity index (χ3v) is 4.96. The summed E-state index contributed by atoms with van der Waals surface area (Å²) in [5, 5.41) is 0. The zero-order chi connectivity index (χ0) is 17.9. The Hall–Kier alpha value is -2.70. The summed E-state index contributed by atoms with van der Waals surface area (Å²) in [5.74, 6) is -0.287. The SMILES string of the molecule is NC(=O)[C@@H](c1ccccc1)N1CCN(Cc2cn3ccccc3n2)CC1. The fourth-order valence-corrected chi connectivity index (χ4v) is 3.66. The van der Waals surface area contributed by atoms with Crippen LogP contribution in [0.3, 0.4) is 0 Å². The Morgan fingerprint density at radius 2 is 1.77 bits per heavy atom. The molecule has 1 aliphatic rings. The van der Waals surface area contributed by atoms with Crippen LogP contribution in [0.1, 0.15) is 17.3 Å². The number of amides is 1. The summed E-state index contributed by atoms with van der Waals surface area (Å²) < 4.78 is 2.05. The van der Waals surface area contributed by atoms with Gasteiger partial charge < -0.3 is 10.1 Å². The Kier molecular flexibility index (Phi) is 4.69. The monoisotopic (exact) mass is 349 g/mol. The van der Waals surface area contributed by atoms with Crippen LogP contribution in [0.4, 0.5) is 0 Å². The van der Waals surface area contributed by atoms with Crippen LogP contribution in [-0.4, -0.2) is 51.3 Å². The van der Waals surface area contributed by atoms with Gasteiger partial charge in [-0.3, -0.25) is 14.6 Å². The van der Waals surface area contributed by atoms with Crippen molar-refractivity contribution in [2.45, 2.75) is 12.6 Å². The van der Waals surface area contributed by atoms with Crippen molar-refractivity contribution in [1.82, 2.24) is 19.2 Å². The molecule has 2 N–H and O–H groups in total. The van der Waals surface area contributed by atoms with Crippen molar-refractivity contribution in [2.24, 2.45) is 5.73 Å². The van der Waals surface area contributed by atoms with E-state index in [1.54, 1.807) is 0 Å². The number of rotatable bonds is 5. The van der Waals surface area contributed by atoms with Gasteiger partial charge in [0, 0.05) is 45.1 Å². The first-order chi connectivity index (χ1) is 12.7. The lowest BCUT2D eigenvalue weighted by Gasteiger charge is -2.38. The number of imidazole rings is 1. The minimum absolute atomic E-state index is 0.287. The maximum Gasteiger partial charge on any atom is 0.239 e. The Balaban J connectivity index is 1.40. The highest BCUT2D eigenvalue weighted by Crippen LogP contribution is 2.22. The summed E-state index contributed by atoms with van der Waals surface area (Å²) in [7, 11) is 0. The van der Waals surface area contributed by atoms with E-state index in [4.69, 9.17) is 5.73 Å². The van der Waals surface area contributed by atoms with Crippen LogP contribution < -0.4 is 5.73 Å². The van der Waals surface area contributed by atoms with Gasteiger partial charge in [-0.2, -0.15) is 0 Å². The average molecular weight is 349 g/mol. The third-order valence-electron chi connectivity index (χ3n) is 4.96. The summed E-state index contributed by atoms with van der Waals surface area (Å²) in [6.45, 7) is 4.24. The standard InChI is InChI=1S/C20H23N5O/c21-20(26)19(16-6-2-1-3-7-16)24-12-10-23(11-13-24)14-17-15-25-9-5-4-8-18(25)22-17/h1-9,15,19H,10-14H2,(H2,21,26)/t19-/m1/s1. The number of pyridine rings is 1. The molecule has 2 aromatic heterocycles. The molecular weight excluding hydrogens is 326 g/mol. The van der Waals surface area contributed by atoms with E-state index in [9.17, 15) is 4.79 Å². The van der Waals surface area contributed by atoms with Gasteiger partial charge >= 0.3 is 0 Å². The van der Waals surface area contributed by atoms with E-state index in [0.29, 0.717) is 0 Å². The minimum atomic E-state index is -0.353. The molecule has 26 heavy (non-hydrogen) atoms. The maximum atomic E-state index is 12.0. The molecular formula is C20H23N5O. The lowest BCUT2D eigenvalue weighted by atomic mass is 10.0. The van der Waals surface area contributed by atoms with Crippen LogP contribution in [0.2, 0.25) is 0 Å². The number of piperazine rings is 1. The highest BCUT2D eigenvalue weighted by Gasteiger charge is 2.29. The van der Waals surface area contributed by atoms with Crippen molar-refractivity contribution < 1.29 is 4.79 Å². The lowest BCUT2D eigenvalue weighted by molar-refractivity contribution is -0.124. The van der Waals surface area contributed by atoms with Gasteiger partial charge in [-0.15, -0.1) is 0 Å². The quantitative estimate of drug-likeness (QED) is 0.761. The van der Waals surface area contributed by atoms with Crippen LogP contribution >= 0.6 is 0 Å². The molecule has 1 fully saturated rings. The molecule has 1 aromatic carbocycles. The van der Waals surface area contributed by atoms with Crippen LogP contribution in [0.5, 0.6) is 0 Å². The van der Waals surface area contributed by atoms with Crippen LogP contribution in [0.15, 0.2) is 60.9 Å². The molecule has 0 bridgehead atoms. The molecule has 3 aromatic rings. The number of aromatic nitrogens is 2. The molecule has 1 atom stereocenters. The van der Waals surface area contributed by atoms with Crippen LogP contribution in [0, 0.1) is 0 Å². The number of hydrogen-bond acceptors (Lipinski definition) is 4. The zero-order valence-corrected chi connectivity index (χ0v) is 14.7. The van der Waals surface area contributed by atoms with E-state index in [2.05, 4.69) is 21.0 Å². The fourth-order valence-electron chi connectivity index (χ4n) is 3.66. The van der Waals surface area contributed by atoms with E-state index in [-0.39, 0.29) is 11.9 Å². The number of benzene rings is 1. The number of nitrogens with two attached hydrogens (primary N) is 1. The topological polar surface area (TPSA) is 66.9 Å². The predicted molar refractivity (Wildman–Crippen MR) is 100 cm³/mol. The fraction of sp³-hybridized carbons (Fsp3) is 0.300. The number of primary amides is 1. The largest absolute Gasteiger partial charge is 0.368 e. The van der Waals surface area contributed by atoms with E-state index >= 15 is 0 Å². The summed E-state index contributed by atoms with van der Waals surface area (Å²) in [4.78, 5) is 21.3. The molecule has 4 rings (SSSR count). The molecule has 134 valence electrons. The van der Waals surface area contributed by atoms with Crippen molar-refractivity contribution >= 4 is 11.6 Å². The summed E-state index contributed by atoms with van der Waals surface area (Å²) in [6, 6.07) is 15.5. The van der Waals surface area contributed by atoms with Gasteiger partial charge in [-0.1, -0.05) is 36.4 Å². The van der Waals surface area contributed by atoms with Crippen LogP contribution in [-0.2, 0) is 11.3 Å². The third kappa shape index (κ3) is 3.47. The Morgan fingerprint density at radius 3 is 2.46 bits per heavy atom. The lowest BCUT2D eigenvalue weighted by Crippen LogP contribution is -2.50. The van der Waals surface area contributed by atoms with Gasteiger partial charge in [0.1, 0.15) is 11.7 Å². The molecule has 0 radical (unpaired) electrons. The van der Waals surface area contributed by atoms with Crippen molar-refractivity contribution in [3.05, 3.63) is 72.2 Å². The molecule has 1 aliphatic heterocycles. The van der Waals surface area contributed by atoms with E-state index in [0.717, 1.165) is 49.6 Å². The second-order valence-corrected chi connectivity index (χ2v) is 6.73. The maximum absolute atomic E-state index is 12.0. The van der Waals surface area contributed by atoms with Crippen LogP contribution in [0.25, 0.3) is 5.65 Å². The molecule has 0 aliphatic carbocycles. The van der Waals surface area contributed by atoms with Gasteiger partial charge in [0.2, 0.25) is 5.91 Å². The normalized spacial score (nSPS) is 17.4. The number of carbonyl (C=O) groups is 1. The summed E-state index contributed by atoms with van der Waals surface area (Å²) in [5.41, 5.74) is 8.70. The molecule has 6 nitrogen and oxygen atoms in total. The molecule has 0 unspecified atom stereocenters. The number of carbonyl (C=O) groups excluding carboxylic acids is 1. The number of nitrogens with zero attached hydrogens (tertiary/aromatic N) is 4. The summed E-state index contributed by atoms with van der Waals surface area (Å²) >= 11 is 0. The number of hydrogen-bond donors (Lipinski definition) is 1. The van der Waals surface area contributed by atoms with Gasteiger partial charge in [0.25, 0.3) is 0 Å². The van der Waals surface area contributed by atoms with E-state index < -0.39 is 0 Å². The van der Waals surface area contributed by atoms with Gasteiger partial charge in [0.05, 0.1) is 5.69 Å². The van der Waals surface area contributed by atoms with Gasteiger partial charge in [-0.05, 0) is 17.7 Å². The summed E-state index contributed by atoms with van der Waals surface area (Å²) in [6.07, 6.45) is 4.10. The molecule has 6 heteroatoms. The molecule has 0 spiro atoms. The smallest absolute Gasteiger partial charge is 0.239 e. The second kappa shape index (κ2) is 7.27. The zero-order valence-electron chi connectivity index (χ0n) is 14.7. The second-order valence-electron chi connectivity index (χ2n) is 6.73. The molecule has 1 saturated heterocycles. The van der Waals surface area contributed by atoms with Crippen molar-refractivity contribution in [2.75, 3.05) is 26.2 Å². The Labute approximate surface area is 152 Å². The first kappa shape index (κ1) is 16.8. The van der Waals surface area contributed by atoms with Crippen molar-refractivity contribution in [3.8, 4) is 0 Å². The first-order valence-corrected chi connectivity index (χ1v) is 8.94. The Morgan fingerprint density at radius 1 is 1.04 bits per heavy atom. The highest BCUT2D eigenvalue weighted by atomic mass is 16.1. The van der Waals surface area contributed by atoms with E-state index in [1.165, 1.54) is 0 Å². The Bertz CT molecular complexity index is 850. The number of fused-ring (bicyclic) bond motifs is 1. The predicted octanol–water partition coefficient (Wildman–Crippen LogP) is 1.68. The minimum Gasteiger partial charge on any atom is -0.368 e. The molecule has 0 saturated carbocycles.